The lowest BCUT2D eigenvalue weighted by molar-refractivity contribution is -0.121. The Morgan fingerprint density at radius 2 is 2.06 bits per heavy atom. The van der Waals surface area contributed by atoms with Gasteiger partial charge in [0.15, 0.2) is 0 Å². The molecule has 2 unspecified atom stereocenters. The van der Waals surface area contributed by atoms with E-state index in [1.54, 1.807) is 0 Å². The summed E-state index contributed by atoms with van der Waals surface area (Å²) in [5.74, 6) is 0.967. The van der Waals surface area contributed by atoms with Crippen LogP contribution in [0.4, 0.5) is 0 Å². The normalized spacial score (nSPS) is 23.4. The van der Waals surface area contributed by atoms with Gasteiger partial charge in [-0.15, -0.1) is 0 Å². The first-order chi connectivity index (χ1) is 7.91. The summed E-state index contributed by atoms with van der Waals surface area (Å²) in [6, 6.07) is 0.615. The van der Waals surface area contributed by atoms with E-state index in [9.17, 15) is 4.79 Å². The molecule has 0 aliphatic carbocycles. The van der Waals surface area contributed by atoms with Crippen molar-refractivity contribution in [2.24, 2.45) is 11.8 Å². The molecule has 0 bridgehead atoms. The minimum absolute atomic E-state index is 0.0753. The molecule has 100 valence electrons. The third-order valence-corrected chi connectivity index (χ3v) is 4.34. The highest BCUT2D eigenvalue weighted by Crippen LogP contribution is 2.18. The van der Waals surface area contributed by atoms with Gasteiger partial charge in [-0.1, -0.05) is 13.8 Å². The van der Waals surface area contributed by atoms with Crippen LogP contribution in [0.25, 0.3) is 0 Å². The van der Waals surface area contributed by atoms with Gasteiger partial charge >= 0.3 is 0 Å². The first kappa shape index (κ1) is 14.8. The summed E-state index contributed by atoms with van der Waals surface area (Å²) < 4.78 is 0. The van der Waals surface area contributed by atoms with Crippen LogP contribution in [0.5, 0.6) is 0 Å². The monoisotopic (exact) mass is 258 g/mol. The zero-order valence-corrected chi connectivity index (χ0v) is 12.3. The largest absolute Gasteiger partial charge is 0.355 e. The summed E-state index contributed by atoms with van der Waals surface area (Å²) >= 11 is 4.32. The topological polar surface area (TPSA) is 32.3 Å². The molecule has 3 nitrogen and oxygen atoms in total. The summed E-state index contributed by atoms with van der Waals surface area (Å²) in [5, 5.41) is 2.84. The SMILES string of the molecule is CC(C)C(S)C(=O)NCC1CCN(C(C)C)C1. The Labute approximate surface area is 111 Å². The van der Waals surface area contributed by atoms with Crippen molar-refractivity contribution in [3.05, 3.63) is 0 Å². The quantitative estimate of drug-likeness (QED) is 0.737. The lowest BCUT2D eigenvalue weighted by Gasteiger charge is -2.21. The maximum absolute atomic E-state index is 11.8. The fraction of sp³-hybridized carbons (Fsp3) is 0.923. The van der Waals surface area contributed by atoms with Crippen LogP contribution >= 0.6 is 12.6 Å². The summed E-state index contributed by atoms with van der Waals surface area (Å²) in [6.45, 7) is 11.6. The van der Waals surface area contributed by atoms with Gasteiger partial charge in [0.2, 0.25) is 5.91 Å². The van der Waals surface area contributed by atoms with E-state index in [0.717, 1.165) is 19.6 Å². The van der Waals surface area contributed by atoms with Gasteiger partial charge in [-0.2, -0.15) is 12.6 Å². The minimum atomic E-state index is -0.183. The zero-order chi connectivity index (χ0) is 13.0. The van der Waals surface area contributed by atoms with E-state index in [-0.39, 0.29) is 17.1 Å². The van der Waals surface area contributed by atoms with Crippen molar-refractivity contribution in [2.75, 3.05) is 19.6 Å². The molecule has 0 radical (unpaired) electrons. The van der Waals surface area contributed by atoms with Crippen LogP contribution in [0.2, 0.25) is 0 Å². The van der Waals surface area contributed by atoms with Gasteiger partial charge in [0.05, 0.1) is 5.25 Å². The molecule has 0 aromatic carbocycles. The fourth-order valence-electron chi connectivity index (χ4n) is 2.15. The van der Waals surface area contributed by atoms with Crippen LogP contribution in [0.3, 0.4) is 0 Å². The van der Waals surface area contributed by atoms with E-state index < -0.39 is 0 Å². The molecular weight excluding hydrogens is 232 g/mol. The lowest BCUT2D eigenvalue weighted by Crippen LogP contribution is -2.38. The number of carbonyl (C=O) groups is 1. The molecule has 0 saturated carbocycles. The number of nitrogens with zero attached hydrogens (tertiary/aromatic N) is 1. The third-order valence-electron chi connectivity index (χ3n) is 3.51. The standard InChI is InChI=1S/C13H26N2OS/c1-9(2)12(17)13(16)14-7-11-5-6-15(8-11)10(3)4/h9-12,17H,5-8H2,1-4H3,(H,14,16). The highest BCUT2D eigenvalue weighted by Gasteiger charge is 2.25. The summed E-state index contributed by atoms with van der Waals surface area (Å²) in [7, 11) is 0. The van der Waals surface area contributed by atoms with Crippen LogP contribution in [-0.2, 0) is 4.79 Å². The van der Waals surface area contributed by atoms with Gasteiger partial charge in [-0.05, 0) is 38.6 Å². The second-order valence-electron chi connectivity index (χ2n) is 5.68. The van der Waals surface area contributed by atoms with Crippen molar-refractivity contribution in [1.82, 2.24) is 10.2 Å². The molecule has 2 atom stereocenters. The Balaban J connectivity index is 2.26. The molecule has 1 N–H and O–H groups in total. The van der Waals surface area contributed by atoms with Gasteiger partial charge in [0, 0.05) is 19.1 Å². The fourth-order valence-corrected chi connectivity index (χ4v) is 2.24. The van der Waals surface area contributed by atoms with E-state index in [4.69, 9.17) is 0 Å². The summed E-state index contributed by atoms with van der Waals surface area (Å²) in [4.78, 5) is 14.2. The second-order valence-corrected chi connectivity index (χ2v) is 6.23. The van der Waals surface area contributed by atoms with Crippen LogP contribution in [0.15, 0.2) is 0 Å². The molecule has 1 fully saturated rings. The summed E-state index contributed by atoms with van der Waals surface area (Å²) in [5.41, 5.74) is 0. The van der Waals surface area contributed by atoms with Gasteiger partial charge in [0.1, 0.15) is 0 Å². The minimum Gasteiger partial charge on any atom is -0.355 e. The Bertz CT molecular complexity index is 256. The molecule has 1 amide bonds. The third kappa shape index (κ3) is 4.51. The predicted octanol–water partition coefficient (Wildman–Crippen LogP) is 1.79. The molecule has 1 aliphatic rings. The number of thiol groups is 1. The van der Waals surface area contributed by atoms with Gasteiger partial charge < -0.3 is 10.2 Å². The van der Waals surface area contributed by atoms with Crippen molar-refractivity contribution in [3.63, 3.8) is 0 Å². The Morgan fingerprint density at radius 1 is 1.41 bits per heavy atom. The Hall–Kier alpha value is -0.220. The molecular formula is C13H26N2OS. The van der Waals surface area contributed by atoms with Crippen molar-refractivity contribution in [1.29, 1.82) is 0 Å². The first-order valence-corrected chi connectivity index (χ1v) is 7.13. The van der Waals surface area contributed by atoms with Crippen molar-refractivity contribution in [3.8, 4) is 0 Å². The highest BCUT2D eigenvalue weighted by atomic mass is 32.1. The van der Waals surface area contributed by atoms with Gasteiger partial charge in [-0.3, -0.25) is 4.79 Å². The number of hydrogen-bond donors (Lipinski definition) is 2. The molecule has 4 heteroatoms. The molecule has 0 aromatic heterocycles. The molecule has 1 rings (SSSR count). The molecule has 1 aliphatic heterocycles. The van der Waals surface area contributed by atoms with Gasteiger partial charge in [-0.25, -0.2) is 0 Å². The number of carbonyl (C=O) groups excluding carboxylic acids is 1. The molecule has 1 heterocycles. The van der Waals surface area contributed by atoms with E-state index in [1.165, 1.54) is 6.42 Å². The average Bonchev–Trinajstić information content (AvgIpc) is 2.73. The number of likely N-dealkylation sites (tertiary alicyclic amines) is 1. The molecule has 0 aromatic rings. The van der Waals surface area contributed by atoms with Crippen molar-refractivity contribution >= 4 is 18.5 Å². The number of amides is 1. The predicted molar refractivity (Wildman–Crippen MR) is 75.4 cm³/mol. The number of rotatable bonds is 5. The van der Waals surface area contributed by atoms with Crippen molar-refractivity contribution in [2.45, 2.75) is 45.4 Å². The second kappa shape index (κ2) is 6.64. The van der Waals surface area contributed by atoms with Crippen LogP contribution in [-0.4, -0.2) is 41.7 Å². The Morgan fingerprint density at radius 3 is 2.53 bits per heavy atom. The van der Waals surface area contributed by atoms with E-state index in [1.807, 2.05) is 13.8 Å². The van der Waals surface area contributed by atoms with E-state index >= 15 is 0 Å². The number of hydrogen-bond acceptors (Lipinski definition) is 3. The van der Waals surface area contributed by atoms with E-state index in [0.29, 0.717) is 12.0 Å². The maximum atomic E-state index is 11.8. The zero-order valence-electron chi connectivity index (χ0n) is 11.4. The summed E-state index contributed by atoms with van der Waals surface area (Å²) in [6.07, 6.45) is 1.19. The smallest absolute Gasteiger partial charge is 0.233 e. The first-order valence-electron chi connectivity index (χ1n) is 6.61. The highest BCUT2D eigenvalue weighted by molar-refractivity contribution is 7.81. The number of nitrogens with one attached hydrogen (secondary N) is 1. The molecule has 1 saturated heterocycles. The van der Waals surface area contributed by atoms with E-state index in [2.05, 4.69) is 36.7 Å². The Kier molecular flexibility index (Phi) is 5.80. The van der Waals surface area contributed by atoms with Crippen LogP contribution in [0.1, 0.15) is 34.1 Å². The van der Waals surface area contributed by atoms with Crippen LogP contribution in [0, 0.1) is 11.8 Å². The average molecular weight is 258 g/mol. The molecule has 0 spiro atoms. The lowest BCUT2D eigenvalue weighted by atomic mass is 10.1. The molecule has 17 heavy (non-hydrogen) atoms. The van der Waals surface area contributed by atoms with Crippen molar-refractivity contribution < 1.29 is 4.79 Å². The maximum Gasteiger partial charge on any atom is 0.233 e. The van der Waals surface area contributed by atoms with Gasteiger partial charge in [0.25, 0.3) is 0 Å². The van der Waals surface area contributed by atoms with Crippen LogP contribution < -0.4 is 5.32 Å².